The Labute approximate surface area is 165 Å². The zero-order valence-corrected chi connectivity index (χ0v) is 18.5. The molecule has 0 spiro atoms. The molecule has 0 bridgehead atoms. The first kappa shape index (κ1) is 23.9. The molecule has 0 saturated heterocycles. The number of nitrogens with zero attached hydrogens (tertiary/aromatic N) is 2. The van der Waals surface area contributed by atoms with Crippen molar-refractivity contribution in [2.24, 2.45) is 10.9 Å². The fourth-order valence-corrected chi connectivity index (χ4v) is 4.57. The SMILES string of the molecule is CCN(CC)S(=O)(=O)CCNC(=NC)NCCCC1CCCC1.I. The standard InChI is InChI=1S/C16H34N4O2S.HI/c1-4-20(5-2)23(21,22)14-13-19-16(17-3)18-12-8-11-15-9-6-7-10-15;/h15H,4-14H2,1-3H3,(H2,17,18,19);1H. The number of rotatable bonds is 10. The van der Waals surface area contributed by atoms with Gasteiger partial charge in [-0.25, -0.2) is 12.7 Å². The van der Waals surface area contributed by atoms with Crippen LogP contribution in [0.15, 0.2) is 4.99 Å². The van der Waals surface area contributed by atoms with Gasteiger partial charge in [0.1, 0.15) is 0 Å². The van der Waals surface area contributed by atoms with E-state index in [1.807, 2.05) is 13.8 Å². The monoisotopic (exact) mass is 474 g/mol. The van der Waals surface area contributed by atoms with E-state index in [-0.39, 0.29) is 29.7 Å². The summed E-state index contributed by atoms with van der Waals surface area (Å²) in [6.07, 6.45) is 7.97. The van der Waals surface area contributed by atoms with Crippen LogP contribution >= 0.6 is 24.0 Å². The van der Waals surface area contributed by atoms with E-state index in [0.29, 0.717) is 25.6 Å². The average Bonchev–Trinajstić information content (AvgIpc) is 3.03. The van der Waals surface area contributed by atoms with Gasteiger partial charge >= 0.3 is 0 Å². The van der Waals surface area contributed by atoms with E-state index in [1.165, 1.54) is 36.4 Å². The second-order valence-corrected chi connectivity index (χ2v) is 8.21. The van der Waals surface area contributed by atoms with Crippen LogP contribution in [-0.4, -0.2) is 57.7 Å². The minimum absolute atomic E-state index is 0. The molecule has 0 aromatic rings. The van der Waals surface area contributed by atoms with Crippen molar-refractivity contribution >= 4 is 40.0 Å². The lowest BCUT2D eigenvalue weighted by atomic mass is 10.0. The van der Waals surface area contributed by atoms with Crippen LogP contribution in [0.2, 0.25) is 0 Å². The fraction of sp³-hybridized carbons (Fsp3) is 0.938. The number of nitrogens with one attached hydrogen (secondary N) is 2. The van der Waals surface area contributed by atoms with Crippen LogP contribution < -0.4 is 10.6 Å². The molecule has 1 saturated carbocycles. The summed E-state index contributed by atoms with van der Waals surface area (Å²) in [5.41, 5.74) is 0. The van der Waals surface area contributed by atoms with Crippen molar-refractivity contribution in [3.05, 3.63) is 0 Å². The average molecular weight is 474 g/mol. The molecule has 0 aliphatic heterocycles. The van der Waals surface area contributed by atoms with Gasteiger partial charge in [-0.2, -0.15) is 0 Å². The van der Waals surface area contributed by atoms with Gasteiger partial charge in [0, 0.05) is 33.2 Å². The molecule has 2 N–H and O–H groups in total. The van der Waals surface area contributed by atoms with E-state index >= 15 is 0 Å². The Hall–Kier alpha value is -0.0900. The summed E-state index contributed by atoms with van der Waals surface area (Å²) >= 11 is 0. The Morgan fingerprint density at radius 1 is 1.12 bits per heavy atom. The number of hydrogen-bond donors (Lipinski definition) is 2. The first-order chi connectivity index (χ1) is 11.0. The van der Waals surface area contributed by atoms with Gasteiger partial charge in [-0.1, -0.05) is 39.5 Å². The maximum absolute atomic E-state index is 12.1. The summed E-state index contributed by atoms with van der Waals surface area (Å²) in [6, 6.07) is 0. The highest BCUT2D eigenvalue weighted by atomic mass is 127. The van der Waals surface area contributed by atoms with Gasteiger partial charge in [0.2, 0.25) is 10.0 Å². The third kappa shape index (κ3) is 8.84. The van der Waals surface area contributed by atoms with E-state index < -0.39 is 10.0 Å². The Balaban J connectivity index is 0.00000529. The molecule has 0 atom stereocenters. The lowest BCUT2D eigenvalue weighted by molar-refractivity contribution is 0.445. The summed E-state index contributed by atoms with van der Waals surface area (Å²) in [4.78, 5) is 4.15. The van der Waals surface area contributed by atoms with E-state index in [1.54, 1.807) is 7.05 Å². The number of halogens is 1. The van der Waals surface area contributed by atoms with Gasteiger partial charge < -0.3 is 10.6 Å². The first-order valence-corrected chi connectivity index (χ1v) is 10.6. The van der Waals surface area contributed by atoms with Gasteiger partial charge in [0.05, 0.1) is 5.75 Å². The van der Waals surface area contributed by atoms with Gasteiger partial charge in [0.15, 0.2) is 5.96 Å². The molecule has 1 rings (SSSR count). The predicted octanol–water partition coefficient (Wildman–Crippen LogP) is 2.41. The van der Waals surface area contributed by atoms with Crippen molar-refractivity contribution in [2.75, 3.05) is 39.0 Å². The van der Waals surface area contributed by atoms with Crippen molar-refractivity contribution in [2.45, 2.75) is 52.4 Å². The largest absolute Gasteiger partial charge is 0.356 e. The third-order valence-corrected chi connectivity index (χ3v) is 6.55. The number of hydrogen-bond acceptors (Lipinski definition) is 3. The molecule has 0 unspecified atom stereocenters. The Kier molecular flexibility index (Phi) is 13.1. The molecular weight excluding hydrogens is 439 g/mol. The molecule has 0 aromatic heterocycles. The van der Waals surface area contributed by atoms with Crippen molar-refractivity contribution < 1.29 is 8.42 Å². The molecule has 24 heavy (non-hydrogen) atoms. The second-order valence-electron chi connectivity index (χ2n) is 6.12. The van der Waals surface area contributed by atoms with Crippen molar-refractivity contribution in [1.29, 1.82) is 0 Å². The topological polar surface area (TPSA) is 73.8 Å². The Morgan fingerprint density at radius 2 is 1.71 bits per heavy atom. The smallest absolute Gasteiger partial charge is 0.215 e. The van der Waals surface area contributed by atoms with Crippen LogP contribution in [0.25, 0.3) is 0 Å². The van der Waals surface area contributed by atoms with Gasteiger partial charge in [-0.3, -0.25) is 4.99 Å². The maximum Gasteiger partial charge on any atom is 0.215 e. The normalized spacial score (nSPS) is 16.2. The molecule has 1 aliphatic rings. The number of guanidine groups is 1. The highest BCUT2D eigenvalue weighted by Gasteiger charge is 2.18. The third-order valence-electron chi connectivity index (χ3n) is 4.53. The van der Waals surface area contributed by atoms with Gasteiger partial charge in [0.25, 0.3) is 0 Å². The first-order valence-electron chi connectivity index (χ1n) is 8.95. The molecule has 1 fully saturated rings. The highest BCUT2D eigenvalue weighted by molar-refractivity contribution is 14.0. The van der Waals surface area contributed by atoms with E-state index in [9.17, 15) is 8.42 Å². The summed E-state index contributed by atoms with van der Waals surface area (Å²) in [5, 5.41) is 6.36. The molecule has 1 aliphatic carbocycles. The molecule has 0 amide bonds. The molecule has 0 radical (unpaired) electrons. The predicted molar refractivity (Wildman–Crippen MR) is 113 cm³/mol. The van der Waals surface area contributed by atoms with Gasteiger partial charge in [-0.15, -0.1) is 24.0 Å². The highest BCUT2D eigenvalue weighted by Crippen LogP contribution is 2.28. The summed E-state index contributed by atoms with van der Waals surface area (Å²) in [7, 11) is -1.46. The van der Waals surface area contributed by atoms with Crippen molar-refractivity contribution in [1.82, 2.24) is 14.9 Å². The zero-order valence-electron chi connectivity index (χ0n) is 15.4. The minimum atomic E-state index is -3.17. The van der Waals surface area contributed by atoms with E-state index in [2.05, 4.69) is 15.6 Å². The van der Waals surface area contributed by atoms with Crippen LogP contribution in [-0.2, 0) is 10.0 Å². The van der Waals surface area contributed by atoms with Crippen LogP contribution in [0.5, 0.6) is 0 Å². The van der Waals surface area contributed by atoms with E-state index in [4.69, 9.17) is 0 Å². The fourth-order valence-electron chi connectivity index (χ4n) is 3.16. The van der Waals surface area contributed by atoms with E-state index in [0.717, 1.165) is 18.9 Å². The zero-order chi connectivity index (χ0) is 17.1. The molecule has 0 aromatic carbocycles. The minimum Gasteiger partial charge on any atom is -0.356 e. The summed E-state index contributed by atoms with van der Waals surface area (Å²) in [5.74, 6) is 1.69. The summed E-state index contributed by atoms with van der Waals surface area (Å²) in [6.45, 7) is 6.03. The van der Waals surface area contributed by atoms with Crippen LogP contribution in [0, 0.1) is 5.92 Å². The molecular formula is C16H35IN4O2S. The second kappa shape index (κ2) is 13.2. The van der Waals surface area contributed by atoms with Crippen LogP contribution in [0.4, 0.5) is 0 Å². The van der Waals surface area contributed by atoms with Gasteiger partial charge in [-0.05, 0) is 18.8 Å². The molecule has 0 heterocycles. The van der Waals surface area contributed by atoms with Crippen molar-refractivity contribution in [3.63, 3.8) is 0 Å². The molecule has 8 heteroatoms. The van der Waals surface area contributed by atoms with Crippen LogP contribution in [0.3, 0.4) is 0 Å². The maximum atomic E-state index is 12.1. The van der Waals surface area contributed by atoms with Crippen molar-refractivity contribution in [3.8, 4) is 0 Å². The lowest BCUT2D eigenvalue weighted by Crippen LogP contribution is -2.42. The number of sulfonamides is 1. The quantitative estimate of drug-likeness (QED) is 0.221. The van der Waals surface area contributed by atoms with Crippen LogP contribution in [0.1, 0.15) is 52.4 Å². The molecule has 144 valence electrons. The number of aliphatic imine (C=N–C) groups is 1. The molecule has 6 nitrogen and oxygen atoms in total. The lowest BCUT2D eigenvalue weighted by Gasteiger charge is -2.19. The Morgan fingerprint density at radius 3 is 2.25 bits per heavy atom. The Bertz CT molecular complexity index is 447. The summed E-state index contributed by atoms with van der Waals surface area (Å²) < 4.78 is 25.7.